The van der Waals surface area contributed by atoms with E-state index in [0.717, 1.165) is 24.2 Å². The van der Waals surface area contributed by atoms with Crippen molar-refractivity contribution in [2.75, 3.05) is 7.11 Å². The quantitative estimate of drug-likeness (QED) is 0.763. The fourth-order valence-electron chi connectivity index (χ4n) is 1.09. The molecule has 0 fully saturated rings. The lowest BCUT2D eigenvalue weighted by molar-refractivity contribution is 0.185. The van der Waals surface area contributed by atoms with Gasteiger partial charge >= 0.3 is 0 Å². The Labute approximate surface area is 78.4 Å². The molecule has 0 unspecified atom stereocenters. The van der Waals surface area contributed by atoms with Gasteiger partial charge in [-0.05, 0) is 31.4 Å². The number of aliphatic hydroxyl groups is 1. The molecule has 3 nitrogen and oxygen atoms in total. The minimum atomic E-state index is -0.258. The Hall–Kier alpha value is -1.09. The molecule has 0 saturated carbocycles. The highest BCUT2D eigenvalue weighted by atomic mass is 16.5. The third-order valence-corrected chi connectivity index (χ3v) is 1.86. The van der Waals surface area contributed by atoms with Crippen LogP contribution in [-0.4, -0.2) is 23.3 Å². The molecule has 0 amide bonds. The molecular weight excluding hydrogens is 166 g/mol. The summed E-state index contributed by atoms with van der Waals surface area (Å²) in [6, 6.07) is 1.94. The van der Waals surface area contributed by atoms with Crippen LogP contribution >= 0.6 is 0 Å². The van der Waals surface area contributed by atoms with E-state index in [0.29, 0.717) is 0 Å². The maximum Gasteiger partial charge on any atom is 0.137 e. The molecule has 1 rings (SSSR count). The van der Waals surface area contributed by atoms with Gasteiger partial charge < -0.3 is 9.84 Å². The van der Waals surface area contributed by atoms with Crippen LogP contribution in [0.5, 0.6) is 5.75 Å². The van der Waals surface area contributed by atoms with Crippen LogP contribution in [0.4, 0.5) is 0 Å². The monoisotopic (exact) mass is 181 g/mol. The van der Waals surface area contributed by atoms with Crippen molar-refractivity contribution in [3.8, 4) is 5.75 Å². The molecule has 0 aromatic carbocycles. The van der Waals surface area contributed by atoms with Crippen LogP contribution in [0, 0.1) is 0 Å². The zero-order valence-electron chi connectivity index (χ0n) is 8.03. The number of hydrogen-bond acceptors (Lipinski definition) is 3. The highest BCUT2D eigenvalue weighted by molar-refractivity contribution is 5.23. The lowest BCUT2D eigenvalue weighted by Gasteiger charge is -2.05. The van der Waals surface area contributed by atoms with Gasteiger partial charge in [0.05, 0.1) is 19.4 Å². The normalized spacial score (nSPS) is 12.5. The summed E-state index contributed by atoms with van der Waals surface area (Å²) in [4.78, 5) is 4.03. The number of pyridine rings is 1. The molecule has 0 radical (unpaired) electrons. The molecule has 1 N–H and O–H groups in total. The summed E-state index contributed by atoms with van der Waals surface area (Å²) in [6.45, 7) is 1.79. The van der Waals surface area contributed by atoms with E-state index in [1.807, 2.05) is 6.07 Å². The van der Waals surface area contributed by atoms with E-state index >= 15 is 0 Å². The number of ether oxygens (including phenoxy) is 1. The van der Waals surface area contributed by atoms with Crippen molar-refractivity contribution in [1.29, 1.82) is 0 Å². The molecule has 13 heavy (non-hydrogen) atoms. The Morgan fingerprint density at radius 1 is 1.54 bits per heavy atom. The van der Waals surface area contributed by atoms with E-state index in [9.17, 15) is 0 Å². The Morgan fingerprint density at radius 2 is 2.31 bits per heavy atom. The molecule has 1 atom stereocenters. The third-order valence-electron chi connectivity index (χ3n) is 1.86. The van der Waals surface area contributed by atoms with E-state index in [1.54, 1.807) is 26.4 Å². The number of nitrogens with zero attached hydrogens (tertiary/aromatic N) is 1. The molecule has 3 heteroatoms. The van der Waals surface area contributed by atoms with Crippen molar-refractivity contribution in [3.63, 3.8) is 0 Å². The summed E-state index contributed by atoms with van der Waals surface area (Å²) >= 11 is 0. The second-order valence-electron chi connectivity index (χ2n) is 3.12. The van der Waals surface area contributed by atoms with Gasteiger partial charge in [0.2, 0.25) is 0 Å². The smallest absolute Gasteiger partial charge is 0.137 e. The summed E-state index contributed by atoms with van der Waals surface area (Å²) < 4.78 is 5.04. The molecule has 1 aromatic heterocycles. The number of aromatic nitrogens is 1. The van der Waals surface area contributed by atoms with E-state index in [4.69, 9.17) is 9.84 Å². The summed E-state index contributed by atoms with van der Waals surface area (Å²) in [7, 11) is 1.62. The Morgan fingerprint density at radius 3 is 2.92 bits per heavy atom. The fourth-order valence-corrected chi connectivity index (χ4v) is 1.09. The average molecular weight is 181 g/mol. The maximum absolute atomic E-state index is 9.09. The van der Waals surface area contributed by atoms with E-state index < -0.39 is 0 Å². The molecule has 0 aliphatic rings. The van der Waals surface area contributed by atoms with Gasteiger partial charge in [0.1, 0.15) is 5.75 Å². The summed E-state index contributed by atoms with van der Waals surface area (Å²) in [5.74, 6) is 0.767. The first-order valence-corrected chi connectivity index (χ1v) is 4.38. The first-order valence-electron chi connectivity index (χ1n) is 4.38. The van der Waals surface area contributed by atoms with Crippen LogP contribution in [0.3, 0.4) is 0 Å². The third kappa shape index (κ3) is 3.42. The minimum Gasteiger partial charge on any atom is -0.495 e. The Bertz CT molecular complexity index is 261. The topological polar surface area (TPSA) is 42.4 Å². The lowest BCUT2D eigenvalue weighted by Crippen LogP contribution is -2.01. The lowest BCUT2D eigenvalue weighted by atomic mass is 10.1. The first-order chi connectivity index (χ1) is 6.22. The zero-order chi connectivity index (χ0) is 9.68. The molecule has 1 aromatic rings. The SMILES string of the molecule is COc1cncc(CC[C@@H](C)O)c1. The van der Waals surface area contributed by atoms with Gasteiger partial charge in [-0.2, -0.15) is 0 Å². The molecule has 0 aliphatic heterocycles. The van der Waals surface area contributed by atoms with Crippen LogP contribution < -0.4 is 4.74 Å². The Kier molecular flexibility index (Phi) is 3.71. The average Bonchev–Trinajstić information content (AvgIpc) is 2.15. The Balaban J connectivity index is 2.56. The number of hydrogen-bond donors (Lipinski definition) is 1. The van der Waals surface area contributed by atoms with Crippen LogP contribution in [0.25, 0.3) is 0 Å². The molecular formula is C10H15NO2. The molecule has 0 aliphatic carbocycles. The van der Waals surface area contributed by atoms with E-state index in [1.165, 1.54) is 0 Å². The predicted octanol–water partition coefficient (Wildman–Crippen LogP) is 1.40. The van der Waals surface area contributed by atoms with Crippen LogP contribution in [0.2, 0.25) is 0 Å². The molecule has 1 heterocycles. The number of rotatable bonds is 4. The van der Waals surface area contributed by atoms with Crippen molar-refractivity contribution in [1.82, 2.24) is 4.98 Å². The van der Waals surface area contributed by atoms with Gasteiger partial charge in [-0.15, -0.1) is 0 Å². The standard InChI is InChI=1S/C10H15NO2/c1-8(12)3-4-9-5-10(13-2)7-11-6-9/h5-8,12H,3-4H2,1-2H3/t8-/m1/s1. The van der Waals surface area contributed by atoms with Crippen molar-refractivity contribution >= 4 is 0 Å². The highest BCUT2D eigenvalue weighted by Crippen LogP contribution is 2.12. The van der Waals surface area contributed by atoms with Crippen LogP contribution in [0.15, 0.2) is 18.5 Å². The molecule has 0 spiro atoms. The van der Waals surface area contributed by atoms with Crippen molar-refractivity contribution < 1.29 is 9.84 Å². The zero-order valence-corrected chi connectivity index (χ0v) is 8.03. The van der Waals surface area contributed by atoms with Crippen molar-refractivity contribution in [2.45, 2.75) is 25.9 Å². The minimum absolute atomic E-state index is 0.258. The second kappa shape index (κ2) is 4.82. The van der Waals surface area contributed by atoms with E-state index in [-0.39, 0.29) is 6.10 Å². The van der Waals surface area contributed by atoms with Gasteiger partial charge in [-0.3, -0.25) is 4.98 Å². The van der Waals surface area contributed by atoms with E-state index in [2.05, 4.69) is 4.98 Å². The van der Waals surface area contributed by atoms with Gasteiger partial charge in [0.25, 0.3) is 0 Å². The largest absolute Gasteiger partial charge is 0.495 e. The maximum atomic E-state index is 9.09. The first kappa shape index (κ1) is 9.99. The van der Waals surface area contributed by atoms with Crippen LogP contribution in [-0.2, 0) is 6.42 Å². The molecule has 0 bridgehead atoms. The van der Waals surface area contributed by atoms with Crippen LogP contribution in [0.1, 0.15) is 18.9 Å². The van der Waals surface area contributed by atoms with Crippen molar-refractivity contribution in [2.24, 2.45) is 0 Å². The number of aliphatic hydroxyl groups excluding tert-OH is 1. The summed E-state index contributed by atoms with van der Waals surface area (Å²) in [5, 5.41) is 9.09. The summed E-state index contributed by atoms with van der Waals surface area (Å²) in [6.07, 6.45) is 4.80. The van der Waals surface area contributed by atoms with Crippen molar-refractivity contribution in [3.05, 3.63) is 24.0 Å². The fraction of sp³-hybridized carbons (Fsp3) is 0.500. The highest BCUT2D eigenvalue weighted by Gasteiger charge is 1.99. The van der Waals surface area contributed by atoms with Gasteiger partial charge in [0.15, 0.2) is 0 Å². The second-order valence-corrected chi connectivity index (χ2v) is 3.12. The number of aryl methyl sites for hydroxylation is 1. The van der Waals surface area contributed by atoms with Gasteiger partial charge in [0, 0.05) is 6.20 Å². The van der Waals surface area contributed by atoms with Gasteiger partial charge in [-0.25, -0.2) is 0 Å². The molecule has 0 saturated heterocycles. The predicted molar refractivity (Wildman–Crippen MR) is 50.8 cm³/mol. The van der Waals surface area contributed by atoms with Gasteiger partial charge in [-0.1, -0.05) is 0 Å². The number of methoxy groups -OCH3 is 1. The molecule has 72 valence electrons. The summed E-state index contributed by atoms with van der Waals surface area (Å²) in [5.41, 5.74) is 1.10.